The first-order chi connectivity index (χ1) is 7.58. The summed E-state index contributed by atoms with van der Waals surface area (Å²) in [6.45, 7) is 0. The van der Waals surface area contributed by atoms with Crippen LogP contribution in [0.3, 0.4) is 0 Å². The van der Waals surface area contributed by atoms with Crippen molar-refractivity contribution in [2.45, 2.75) is 11.5 Å². The fourth-order valence-corrected chi connectivity index (χ4v) is 3.38. The van der Waals surface area contributed by atoms with Crippen molar-refractivity contribution in [3.63, 3.8) is 0 Å². The van der Waals surface area contributed by atoms with Crippen LogP contribution in [0.5, 0.6) is 0 Å². The van der Waals surface area contributed by atoms with Gasteiger partial charge in [-0.25, -0.2) is 0 Å². The summed E-state index contributed by atoms with van der Waals surface area (Å²) < 4.78 is 22.1. The van der Waals surface area contributed by atoms with Crippen LogP contribution < -0.4 is 0 Å². The molecule has 1 radical (unpaired) electrons. The molecule has 5 N–H and O–H groups in total. The molecule has 0 spiro atoms. The molecule has 18 heavy (non-hydrogen) atoms. The van der Waals surface area contributed by atoms with Crippen molar-refractivity contribution in [1.82, 2.24) is 0 Å². The maximum atomic E-state index is 11.1. The van der Waals surface area contributed by atoms with Crippen molar-refractivity contribution >= 4 is 44.7 Å². The molecule has 0 heterocycles. The van der Waals surface area contributed by atoms with Gasteiger partial charge >= 0.3 is 15.2 Å². The third-order valence-electron chi connectivity index (χ3n) is 2.22. The van der Waals surface area contributed by atoms with Crippen molar-refractivity contribution in [2.24, 2.45) is 0 Å². The summed E-state index contributed by atoms with van der Waals surface area (Å²) >= 11 is 0. The van der Waals surface area contributed by atoms with E-state index in [9.17, 15) is 14.2 Å². The largest absolute Gasteiger partial charge is 0.369 e. The van der Waals surface area contributed by atoms with Crippen molar-refractivity contribution in [3.8, 4) is 0 Å². The Balaban J connectivity index is 0.00000289. The van der Waals surface area contributed by atoms with Crippen LogP contribution in [0.15, 0.2) is 30.3 Å². The molecule has 0 saturated heterocycles. The fraction of sp³-hybridized carbons (Fsp3) is 0.250. The van der Waals surface area contributed by atoms with E-state index in [0.29, 0.717) is 0 Å². The number of rotatable bonds is 4. The van der Waals surface area contributed by atoms with Gasteiger partial charge in [0, 0.05) is 36.0 Å². The maximum absolute atomic E-state index is 11.1. The quantitative estimate of drug-likeness (QED) is 0.385. The maximum Gasteiger partial charge on any atom is 0.369 e. The van der Waals surface area contributed by atoms with E-state index in [0.717, 1.165) is 0 Å². The molecule has 1 aromatic carbocycles. The van der Waals surface area contributed by atoms with Gasteiger partial charge in [-0.2, -0.15) is 0 Å². The van der Waals surface area contributed by atoms with Crippen LogP contribution in [0, 0.1) is 0 Å². The first-order valence-corrected chi connectivity index (χ1v) is 7.68. The molecule has 0 bridgehead atoms. The third-order valence-corrected chi connectivity index (χ3v) is 5.96. The Morgan fingerprint density at radius 1 is 0.944 bits per heavy atom. The molecule has 0 amide bonds. The van der Waals surface area contributed by atoms with Crippen molar-refractivity contribution in [1.29, 1.82) is 0 Å². The monoisotopic (exact) mass is 305 g/mol. The van der Waals surface area contributed by atoms with Crippen LogP contribution in [0.25, 0.3) is 0 Å². The molecular formula is C8H12NaO7P2. The van der Waals surface area contributed by atoms with Crippen LogP contribution >= 0.6 is 15.2 Å². The van der Waals surface area contributed by atoms with Gasteiger partial charge < -0.3 is 24.7 Å². The smallest absolute Gasteiger partial charge is 0.367 e. The van der Waals surface area contributed by atoms with Crippen molar-refractivity contribution in [2.75, 3.05) is 0 Å². The summed E-state index contributed by atoms with van der Waals surface area (Å²) in [5, 5.41) is 6.22. The van der Waals surface area contributed by atoms with E-state index in [1.54, 1.807) is 6.07 Å². The van der Waals surface area contributed by atoms with Crippen molar-refractivity contribution < 1.29 is 33.8 Å². The molecule has 0 aliphatic rings. The molecule has 1 rings (SSSR count). The zero-order valence-electron chi connectivity index (χ0n) is 9.54. The van der Waals surface area contributed by atoms with Crippen LogP contribution in [-0.2, 0) is 15.6 Å². The molecule has 97 valence electrons. The van der Waals surface area contributed by atoms with Crippen LogP contribution in [-0.4, -0.2) is 59.3 Å². The average Bonchev–Trinajstić information content (AvgIpc) is 2.15. The summed E-state index contributed by atoms with van der Waals surface area (Å²) in [4.78, 5) is 35.6. The second kappa shape index (κ2) is 6.29. The predicted molar refractivity (Wildman–Crippen MR) is 64.9 cm³/mol. The van der Waals surface area contributed by atoms with Crippen LogP contribution in [0.4, 0.5) is 0 Å². The van der Waals surface area contributed by atoms with E-state index in [1.807, 2.05) is 0 Å². The molecule has 0 aliphatic carbocycles. The first-order valence-electron chi connectivity index (χ1n) is 4.45. The topological polar surface area (TPSA) is 135 Å². The van der Waals surface area contributed by atoms with E-state index < -0.39 is 26.7 Å². The molecular weight excluding hydrogens is 293 g/mol. The van der Waals surface area contributed by atoms with Crippen LogP contribution in [0.2, 0.25) is 0 Å². The van der Waals surface area contributed by atoms with Gasteiger partial charge in [-0.05, 0) is 5.56 Å². The molecule has 0 fully saturated rings. The molecule has 0 unspecified atom stereocenters. The third kappa shape index (κ3) is 3.99. The minimum atomic E-state index is -5.38. The van der Waals surface area contributed by atoms with Gasteiger partial charge in [0.15, 0.2) is 0 Å². The fourth-order valence-electron chi connectivity index (χ4n) is 1.25. The summed E-state index contributed by atoms with van der Waals surface area (Å²) in [5.74, 6) is 0. The predicted octanol–water partition coefficient (Wildman–Crippen LogP) is -0.150. The van der Waals surface area contributed by atoms with Gasteiger partial charge in [-0.3, -0.25) is 9.13 Å². The summed E-state index contributed by atoms with van der Waals surface area (Å²) in [6.07, 6.45) is -0.831. The second-order valence-electron chi connectivity index (χ2n) is 3.52. The van der Waals surface area contributed by atoms with Gasteiger partial charge in [0.1, 0.15) is 0 Å². The Kier molecular flexibility index (Phi) is 6.45. The van der Waals surface area contributed by atoms with Gasteiger partial charge in [0.05, 0.1) is 0 Å². The molecule has 0 saturated carbocycles. The Labute approximate surface area is 125 Å². The minimum Gasteiger partial charge on any atom is -0.367 e. The molecule has 0 atom stereocenters. The van der Waals surface area contributed by atoms with E-state index >= 15 is 0 Å². The number of aliphatic hydroxyl groups is 1. The zero-order chi connectivity index (χ0) is 13.3. The Hall–Kier alpha value is 0.480. The summed E-state index contributed by atoms with van der Waals surface area (Å²) in [7, 11) is -10.8. The van der Waals surface area contributed by atoms with E-state index in [1.165, 1.54) is 24.3 Å². The zero-order valence-corrected chi connectivity index (χ0v) is 13.3. The Morgan fingerprint density at radius 2 is 1.33 bits per heavy atom. The number of hydrogen-bond acceptors (Lipinski definition) is 3. The van der Waals surface area contributed by atoms with E-state index in [2.05, 4.69) is 0 Å². The van der Waals surface area contributed by atoms with Gasteiger partial charge in [-0.1, -0.05) is 30.3 Å². The molecule has 0 aliphatic heterocycles. The summed E-state index contributed by atoms with van der Waals surface area (Å²) in [5.41, 5.74) is 0.210. The average molecular weight is 305 g/mol. The first kappa shape index (κ1) is 18.5. The van der Waals surface area contributed by atoms with Crippen LogP contribution in [0.1, 0.15) is 5.56 Å². The van der Waals surface area contributed by atoms with E-state index in [-0.39, 0.29) is 35.1 Å². The number of benzene rings is 1. The summed E-state index contributed by atoms with van der Waals surface area (Å²) in [6, 6.07) is 7.47. The molecule has 7 nitrogen and oxygen atoms in total. The second-order valence-corrected chi connectivity index (χ2v) is 7.53. The SMILES string of the molecule is O=P(O)(O)C(O)(Cc1ccccc1)P(=O)(O)O.[Na]. The van der Waals surface area contributed by atoms with Gasteiger partial charge in [0.25, 0.3) is 5.08 Å². The standard InChI is InChI=1S/C8H12O7P2.Na/c9-8(16(10,11)12,17(13,14)15)6-7-4-2-1-3-5-7;/h1-5,9H,6H2,(H2,10,11,12)(H2,13,14,15);. The normalized spacial score (nSPS) is 12.9. The van der Waals surface area contributed by atoms with Gasteiger partial charge in [0.2, 0.25) is 0 Å². The number of hydrogen-bond donors (Lipinski definition) is 5. The molecule has 10 heteroatoms. The Morgan fingerprint density at radius 3 is 1.67 bits per heavy atom. The van der Waals surface area contributed by atoms with E-state index in [4.69, 9.17) is 19.6 Å². The Bertz CT molecular complexity index is 457. The van der Waals surface area contributed by atoms with Gasteiger partial charge in [-0.15, -0.1) is 0 Å². The molecule has 0 aromatic heterocycles. The van der Waals surface area contributed by atoms with Crippen molar-refractivity contribution in [3.05, 3.63) is 35.9 Å². The molecule has 1 aromatic rings. The minimum absolute atomic E-state index is 0.